The maximum Gasteiger partial charge on any atom is 0.251 e. The van der Waals surface area contributed by atoms with Gasteiger partial charge in [0.1, 0.15) is 0 Å². The summed E-state index contributed by atoms with van der Waals surface area (Å²) < 4.78 is 0. The molecule has 16 heavy (non-hydrogen) atoms. The third-order valence-electron chi connectivity index (χ3n) is 2.08. The van der Waals surface area contributed by atoms with Crippen LogP contribution in [0.15, 0.2) is 24.3 Å². The van der Waals surface area contributed by atoms with Gasteiger partial charge in [-0.1, -0.05) is 0 Å². The minimum absolute atomic E-state index is 0.0480. The Hall–Kier alpha value is -2.26. The van der Waals surface area contributed by atoms with Crippen molar-refractivity contribution in [1.29, 1.82) is 5.26 Å². The van der Waals surface area contributed by atoms with Crippen molar-refractivity contribution in [3.63, 3.8) is 0 Å². The number of rotatable bonds is 3. The lowest BCUT2D eigenvalue weighted by Crippen LogP contribution is -2.32. The zero-order valence-corrected chi connectivity index (χ0v) is 9.03. The van der Waals surface area contributed by atoms with E-state index in [1.165, 1.54) is 0 Å². The summed E-state index contributed by atoms with van der Waals surface area (Å²) in [6, 6.07) is 8.41. The van der Waals surface area contributed by atoms with E-state index in [0.717, 1.165) is 0 Å². The van der Waals surface area contributed by atoms with Gasteiger partial charge in [-0.15, -0.1) is 12.3 Å². The SMILES string of the molecule is C#CCC(C)NC(=O)c1ccc(C#N)cc1. The van der Waals surface area contributed by atoms with Crippen molar-refractivity contribution in [2.24, 2.45) is 0 Å². The molecule has 1 unspecified atom stereocenters. The van der Waals surface area contributed by atoms with E-state index in [1.54, 1.807) is 24.3 Å². The molecule has 0 heterocycles. The molecule has 80 valence electrons. The highest BCUT2D eigenvalue weighted by molar-refractivity contribution is 5.94. The van der Waals surface area contributed by atoms with Gasteiger partial charge < -0.3 is 5.32 Å². The fourth-order valence-corrected chi connectivity index (χ4v) is 1.23. The number of nitrogens with one attached hydrogen (secondary N) is 1. The molecule has 0 saturated carbocycles. The molecule has 1 N–H and O–H groups in total. The highest BCUT2D eigenvalue weighted by atomic mass is 16.1. The Labute approximate surface area is 95.1 Å². The molecule has 3 nitrogen and oxygen atoms in total. The van der Waals surface area contributed by atoms with Crippen LogP contribution in [0.4, 0.5) is 0 Å². The van der Waals surface area contributed by atoms with Gasteiger partial charge in [0.2, 0.25) is 0 Å². The molecule has 0 spiro atoms. The molecule has 1 atom stereocenters. The third-order valence-corrected chi connectivity index (χ3v) is 2.08. The van der Waals surface area contributed by atoms with Crippen LogP contribution in [0.2, 0.25) is 0 Å². The van der Waals surface area contributed by atoms with Crippen LogP contribution < -0.4 is 5.32 Å². The third kappa shape index (κ3) is 3.15. The molecular weight excluding hydrogens is 200 g/mol. The summed E-state index contributed by atoms with van der Waals surface area (Å²) in [5.74, 6) is 2.31. The van der Waals surface area contributed by atoms with E-state index in [4.69, 9.17) is 11.7 Å². The van der Waals surface area contributed by atoms with Gasteiger partial charge >= 0.3 is 0 Å². The average Bonchev–Trinajstić information content (AvgIpc) is 2.29. The molecular formula is C13H12N2O. The Morgan fingerprint density at radius 3 is 2.62 bits per heavy atom. The summed E-state index contributed by atoms with van der Waals surface area (Å²) in [6.45, 7) is 1.85. The first-order valence-electron chi connectivity index (χ1n) is 4.92. The zero-order valence-electron chi connectivity index (χ0n) is 9.03. The highest BCUT2D eigenvalue weighted by Crippen LogP contribution is 2.03. The first-order chi connectivity index (χ1) is 7.67. The van der Waals surface area contributed by atoms with Gasteiger partial charge in [0.05, 0.1) is 11.6 Å². The maximum atomic E-state index is 11.7. The van der Waals surface area contributed by atoms with Gasteiger partial charge in [-0.2, -0.15) is 5.26 Å². The summed E-state index contributed by atoms with van der Waals surface area (Å²) in [5.41, 5.74) is 1.07. The number of carbonyl (C=O) groups excluding carboxylic acids is 1. The number of terminal acetylenes is 1. The lowest BCUT2D eigenvalue weighted by molar-refractivity contribution is 0.0941. The van der Waals surface area contributed by atoms with E-state index in [0.29, 0.717) is 17.5 Å². The van der Waals surface area contributed by atoms with Crippen LogP contribution >= 0.6 is 0 Å². The number of hydrogen-bond donors (Lipinski definition) is 1. The summed E-state index contributed by atoms with van der Waals surface area (Å²) in [5, 5.41) is 11.4. The molecule has 0 saturated heterocycles. The van der Waals surface area contributed by atoms with Crippen molar-refractivity contribution in [3.8, 4) is 18.4 Å². The second-order valence-electron chi connectivity index (χ2n) is 3.47. The highest BCUT2D eigenvalue weighted by Gasteiger charge is 2.08. The van der Waals surface area contributed by atoms with E-state index >= 15 is 0 Å². The fourth-order valence-electron chi connectivity index (χ4n) is 1.23. The van der Waals surface area contributed by atoms with Crippen LogP contribution in [0, 0.1) is 23.7 Å². The predicted octanol–water partition coefficient (Wildman–Crippen LogP) is 1.70. The first kappa shape index (κ1) is 11.8. The van der Waals surface area contributed by atoms with Crippen LogP contribution in [0.25, 0.3) is 0 Å². The number of amides is 1. The van der Waals surface area contributed by atoms with Crippen molar-refractivity contribution < 1.29 is 4.79 Å². The smallest absolute Gasteiger partial charge is 0.251 e. The molecule has 1 aromatic carbocycles. The van der Waals surface area contributed by atoms with Gasteiger partial charge in [-0.3, -0.25) is 4.79 Å². The zero-order chi connectivity index (χ0) is 12.0. The molecule has 0 bridgehead atoms. The first-order valence-corrected chi connectivity index (χ1v) is 4.92. The molecule has 1 rings (SSSR count). The molecule has 1 amide bonds. The van der Waals surface area contributed by atoms with Crippen LogP contribution in [0.3, 0.4) is 0 Å². The van der Waals surface area contributed by atoms with Crippen molar-refractivity contribution in [3.05, 3.63) is 35.4 Å². The molecule has 0 radical (unpaired) electrons. The van der Waals surface area contributed by atoms with Crippen LogP contribution in [0.5, 0.6) is 0 Å². The Bertz CT molecular complexity index is 448. The molecule has 3 heteroatoms. The lowest BCUT2D eigenvalue weighted by atomic mass is 10.1. The summed E-state index contributed by atoms with van der Waals surface area (Å²) in [4.78, 5) is 11.7. The quantitative estimate of drug-likeness (QED) is 0.775. The minimum Gasteiger partial charge on any atom is -0.349 e. The Kier molecular flexibility index (Phi) is 4.12. The molecule has 0 aliphatic rings. The summed E-state index contributed by atoms with van der Waals surface area (Å²) in [7, 11) is 0. The van der Waals surface area contributed by atoms with Crippen LogP contribution in [-0.2, 0) is 0 Å². The minimum atomic E-state index is -0.174. The van der Waals surface area contributed by atoms with Gasteiger partial charge in [-0.05, 0) is 31.2 Å². The van der Waals surface area contributed by atoms with Crippen molar-refractivity contribution in [1.82, 2.24) is 5.32 Å². The lowest BCUT2D eigenvalue weighted by Gasteiger charge is -2.10. The molecule has 0 fully saturated rings. The van der Waals surface area contributed by atoms with E-state index in [9.17, 15) is 4.79 Å². The van der Waals surface area contributed by atoms with E-state index < -0.39 is 0 Å². The number of benzene rings is 1. The molecule has 0 aromatic heterocycles. The fraction of sp³-hybridized carbons (Fsp3) is 0.231. The van der Waals surface area contributed by atoms with Crippen molar-refractivity contribution >= 4 is 5.91 Å². The van der Waals surface area contributed by atoms with Gasteiger partial charge in [0.15, 0.2) is 0 Å². The van der Waals surface area contributed by atoms with E-state index in [2.05, 4.69) is 11.2 Å². The van der Waals surface area contributed by atoms with Crippen molar-refractivity contribution in [2.75, 3.05) is 0 Å². The molecule has 1 aromatic rings. The van der Waals surface area contributed by atoms with Gasteiger partial charge in [-0.25, -0.2) is 0 Å². The van der Waals surface area contributed by atoms with E-state index in [1.807, 2.05) is 13.0 Å². The van der Waals surface area contributed by atoms with E-state index in [-0.39, 0.29) is 11.9 Å². The maximum absolute atomic E-state index is 11.7. The largest absolute Gasteiger partial charge is 0.349 e. The van der Waals surface area contributed by atoms with Crippen molar-refractivity contribution in [2.45, 2.75) is 19.4 Å². The second kappa shape index (κ2) is 5.58. The predicted molar refractivity (Wildman–Crippen MR) is 61.5 cm³/mol. The normalized spacial score (nSPS) is 10.9. The number of carbonyl (C=O) groups is 1. The second-order valence-corrected chi connectivity index (χ2v) is 3.47. The van der Waals surface area contributed by atoms with Gasteiger partial charge in [0.25, 0.3) is 5.91 Å². The van der Waals surface area contributed by atoms with Crippen LogP contribution in [-0.4, -0.2) is 11.9 Å². The summed E-state index contributed by atoms with van der Waals surface area (Å²) >= 11 is 0. The van der Waals surface area contributed by atoms with Crippen LogP contribution in [0.1, 0.15) is 29.3 Å². The Morgan fingerprint density at radius 2 is 2.12 bits per heavy atom. The number of nitriles is 1. The number of hydrogen-bond acceptors (Lipinski definition) is 2. The molecule has 0 aliphatic heterocycles. The average molecular weight is 212 g/mol. The standard InChI is InChI=1S/C13H12N2O/c1-3-4-10(2)15-13(16)12-7-5-11(9-14)6-8-12/h1,5-8,10H,4H2,2H3,(H,15,16). The number of nitrogens with zero attached hydrogens (tertiary/aromatic N) is 1. The monoisotopic (exact) mass is 212 g/mol. The Morgan fingerprint density at radius 1 is 1.50 bits per heavy atom. The Balaban J connectivity index is 2.67. The topological polar surface area (TPSA) is 52.9 Å². The summed E-state index contributed by atoms with van der Waals surface area (Å²) in [6.07, 6.45) is 5.65. The molecule has 0 aliphatic carbocycles. The van der Waals surface area contributed by atoms with Gasteiger partial charge in [0, 0.05) is 18.0 Å².